The van der Waals surface area contributed by atoms with Crippen LogP contribution in [0, 0.1) is 19.7 Å². The van der Waals surface area contributed by atoms with Gasteiger partial charge in [-0.2, -0.15) is 0 Å². The van der Waals surface area contributed by atoms with E-state index in [4.69, 9.17) is 5.73 Å². The maximum atomic E-state index is 13.9. The minimum absolute atomic E-state index is 0.284. The lowest BCUT2D eigenvalue weighted by Gasteiger charge is -2.15. The van der Waals surface area contributed by atoms with E-state index in [-0.39, 0.29) is 5.82 Å². The third kappa shape index (κ3) is 2.31. The molecule has 1 aromatic heterocycles. The molecule has 0 bridgehead atoms. The molecule has 0 saturated heterocycles. The van der Waals surface area contributed by atoms with Crippen molar-refractivity contribution in [2.75, 3.05) is 0 Å². The van der Waals surface area contributed by atoms with E-state index >= 15 is 0 Å². The van der Waals surface area contributed by atoms with Gasteiger partial charge in [0.1, 0.15) is 12.1 Å². The predicted octanol–water partition coefficient (Wildman–Crippen LogP) is 2.28. The molecule has 0 aliphatic carbocycles. The van der Waals surface area contributed by atoms with Crippen LogP contribution in [0.3, 0.4) is 0 Å². The molecule has 2 aromatic rings. The Kier molecular flexibility index (Phi) is 3.15. The Hall–Kier alpha value is -1.81. The number of hydrogen-bond acceptors (Lipinski definition) is 3. The first-order chi connectivity index (χ1) is 8.09. The van der Waals surface area contributed by atoms with Gasteiger partial charge < -0.3 is 5.73 Å². The summed E-state index contributed by atoms with van der Waals surface area (Å²) < 4.78 is 13.9. The van der Waals surface area contributed by atoms with Crippen LogP contribution >= 0.6 is 0 Å². The summed E-state index contributed by atoms with van der Waals surface area (Å²) in [7, 11) is 0. The van der Waals surface area contributed by atoms with E-state index in [9.17, 15) is 4.39 Å². The zero-order valence-corrected chi connectivity index (χ0v) is 9.81. The van der Waals surface area contributed by atoms with Gasteiger partial charge in [0.25, 0.3) is 0 Å². The lowest BCUT2D eigenvalue weighted by molar-refractivity contribution is 0.593. The Morgan fingerprint density at radius 3 is 2.65 bits per heavy atom. The highest BCUT2D eigenvalue weighted by Gasteiger charge is 2.17. The Morgan fingerprint density at radius 1 is 1.29 bits per heavy atom. The molecule has 17 heavy (non-hydrogen) atoms. The SMILES string of the molecule is Cc1cc(C)c(C(N)c2ccncn2)c(F)c1. The molecular weight excluding hydrogens is 217 g/mol. The predicted molar refractivity (Wildman–Crippen MR) is 63.9 cm³/mol. The monoisotopic (exact) mass is 231 g/mol. The molecule has 0 aliphatic rings. The first-order valence-electron chi connectivity index (χ1n) is 5.37. The molecule has 3 nitrogen and oxygen atoms in total. The highest BCUT2D eigenvalue weighted by Crippen LogP contribution is 2.24. The maximum Gasteiger partial charge on any atom is 0.128 e. The summed E-state index contributed by atoms with van der Waals surface area (Å²) in [6.45, 7) is 3.71. The summed E-state index contributed by atoms with van der Waals surface area (Å²) in [5.74, 6) is -0.284. The van der Waals surface area contributed by atoms with E-state index in [0.717, 1.165) is 11.1 Å². The Bertz CT molecular complexity index is 502. The molecule has 0 spiro atoms. The van der Waals surface area contributed by atoms with E-state index in [2.05, 4.69) is 9.97 Å². The molecule has 0 aliphatic heterocycles. The fraction of sp³-hybridized carbons (Fsp3) is 0.231. The molecule has 1 aromatic carbocycles. The second-order valence-electron chi connectivity index (χ2n) is 4.09. The van der Waals surface area contributed by atoms with E-state index in [1.165, 1.54) is 12.4 Å². The van der Waals surface area contributed by atoms with Crippen LogP contribution in [0.1, 0.15) is 28.4 Å². The number of aryl methyl sites for hydroxylation is 2. The van der Waals surface area contributed by atoms with Gasteiger partial charge in [0, 0.05) is 11.8 Å². The molecule has 1 atom stereocenters. The smallest absolute Gasteiger partial charge is 0.128 e. The number of rotatable bonds is 2. The molecule has 1 unspecified atom stereocenters. The fourth-order valence-corrected chi connectivity index (χ4v) is 1.95. The van der Waals surface area contributed by atoms with Gasteiger partial charge in [0.2, 0.25) is 0 Å². The molecule has 0 fully saturated rings. The summed E-state index contributed by atoms with van der Waals surface area (Å²) in [6, 6.07) is 4.55. The highest BCUT2D eigenvalue weighted by atomic mass is 19.1. The van der Waals surface area contributed by atoms with Crippen LogP contribution in [0.2, 0.25) is 0 Å². The van der Waals surface area contributed by atoms with Gasteiger partial charge in [-0.1, -0.05) is 6.07 Å². The van der Waals surface area contributed by atoms with E-state index in [1.807, 2.05) is 19.9 Å². The third-order valence-electron chi connectivity index (χ3n) is 2.72. The van der Waals surface area contributed by atoms with Crippen molar-refractivity contribution in [1.82, 2.24) is 9.97 Å². The Balaban J connectivity index is 2.48. The standard InChI is InChI=1S/C13H14FN3/c1-8-5-9(2)12(10(14)6-8)13(15)11-3-4-16-7-17-11/h3-7,13H,15H2,1-2H3. The molecule has 4 heteroatoms. The molecule has 0 radical (unpaired) electrons. The van der Waals surface area contributed by atoms with Gasteiger partial charge >= 0.3 is 0 Å². The number of hydrogen-bond donors (Lipinski definition) is 1. The van der Waals surface area contributed by atoms with Gasteiger partial charge in [-0.15, -0.1) is 0 Å². The van der Waals surface area contributed by atoms with Gasteiger partial charge in [0.05, 0.1) is 11.7 Å². The molecule has 0 amide bonds. The van der Waals surface area contributed by atoms with Gasteiger partial charge in [-0.05, 0) is 37.1 Å². The first kappa shape index (κ1) is 11.7. The molecule has 2 N–H and O–H groups in total. The maximum absolute atomic E-state index is 13.9. The van der Waals surface area contributed by atoms with E-state index in [1.54, 1.807) is 12.3 Å². The number of nitrogens with two attached hydrogens (primary N) is 1. The number of nitrogens with zero attached hydrogens (tertiary/aromatic N) is 2. The summed E-state index contributed by atoms with van der Waals surface area (Å²) in [6.07, 6.45) is 3.01. The number of benzene rings is 1. The Labute approximate surface area is 99.5 Å². The normalized spacial score (nSPS) is 12.5. The van der Waals surface area contributed by atoms with Crippen molar-refractivity contribution in [3.63, 3.8) is 0 Å². The van der Waals surface area contributed by atoms with Crippen molar-refractivity contribution in [1.29, 1.82) is 0 Å². The van der Waals surface area contributed by atoms with Crippen LogP contribution in [0.15, 0.2) is 30.7 Å². The molecule has 2 rings (SSSR count). The molecular formula is C13H14FN3. The van der Waals surface area contributed by atoms with E-state index < -0.39 is 6.04 Å². The van der Waals surface area contributed by atoms with E-state index in [0.29, 0.717) is 11.3 Å². The van der Waals surface area contributed by atoms with Crippen molar-refractivity contribution in [3.8, 4) is 0 Å². The summed E-state index contributed by atoms with van der Waals surface area (Å²) in [4.78, 5) is 7.88. The second-order valence-corrected chi connectivity index (χ2v) is 4.09. The second kappa shape index (κ2) is 4.59. The van der Waals surface area contributed by atoms with Crippen molar-refractivity contribution >= 4 is 0 Å². The summed E-state index contributed by atoms with van der Waals surface area (Å²) >= 11 is 0. The average Bonchev–Trinajstić information content (AvgIpc) is 2.28. The summed E-state index contributed by atoms with van der Waals surface area (Å²) in [5, 5.41) is 0. The Morgan fingerprint density at radius 2 is 2.06 bits per heavy atom. The van der Waals surface area contributed by atoms with Crippen LogP contribution in [0.5, 0.6) is 0 Å². The highest BCUT2D eigenvalue weighted by molar-refractivity contribution is 5.37. The largest absolute Gasteiger partial charge is 0.319 e. The fourth-order valence-electron chi connectivity index (χ4n) is 1.95. The molecule has 1 heterocycles. The molecule has 0 saturated carbocycles. The van der Waals surface area contributed by atoms with Crippen molar-refractivity contribution < 1.29 is 4.39 Å². The minimum atomic E-state index is -0.557. The van der Waals surface area contributed by atoms with Crippen LogP contribution in [-0.4, -0.2) is 9.97 Å². The topological polar surface area (TPSA) is 51.8 Å². The summed E-state index contributed by atoms with van der Waals surface area (Å²) in [5.41, 5.74) is 8.88. The van der Waals surface area contributed by atoms with Crippen LogP contribution in [0.25, 0.3) is 0 Å². The zero-order chi connectivity index (χ0) is 12.4. The first-order valence-corrected chi connectivity index (χ1v) is 5.37. The lowest BCUT2D eigenvalue weighted by Crippen LogP contribution is -2.16. The van der Waals surface area contributed by atoms with Crippen molar-refractivity contribution in [2.45, 2.75) is 19.9 Å². The van der Waals surface area contributed by atoms with Crippen molar-refractivity contribution in [2.24, 2.45) is 5.73 Å². The minimum Gasteiger partial charge on any atom is -0.319 e. The van der Waals surface area contributed by atoms with Crippen LogP contribution in [0.4, 0.5) is 4.39 Å². The van der Waals surface area contributed by atoms with Crippen LogP contribution in [-0.2, 0) is 0 Å². The molecule has 88 valence electrons. The van der Waals surface area contributed by atoms with Gasteiger partial charge in [-0.3, -0.25) is 0 Å². The average molecular weight is 231 g/mol. The van der Waals surface area contributed by atoms with Gasteiger partial charge in [-0.25, -0.2) is 14.4 Å². The van der Waals surface area contributed by atoms with Crippen LogP contribution < -0.4 is 5.73 Å². The van der Waals surface area contributed by atoms with Crippen molar-refractivity contribution in [3.05, 3.63) is 58.9 Å². The van der Waals surface area contributed by atoms with Gasteiger partial charge in [0.15, 0.2) is 0 Å². The zero-order valence-electron chi connectivity index (χ0n) is 9.81. The number of halogens is 1. The third-order valence-corrected chi connectivity index (χ3v) is 2.72. The lowest BCUT2D eigenvalue weighted by atomic mass is 9.97. The quantitative estimate of drug-likeness (QED) is 0.862. The number of aromatic nitrogens is 2.